The fourth-order valence-corrected chi connectivity index (χ4v) is 3.40. The van der Waals surface area contributed by atoms with Gasteiger partial charge in [-0.25, -0.2) is 9.97 Å². The van der Waals surface area contributed by atoms with Gasteiger partial charge in [-0.2, -0.15) is 0 Å². The van der Waals surface area contributed by atoms with E-state index in [1.807, 2.05) is 19.1 Å². The summed E-state index contributed by atoms with van der Waals surface area (Å²) < 4.78 is 0. The minimum Gasteiger partial charge on any atom is -0.283 e. The van der Waals surface area contributed by atoms with Gasteiger partial charge in [0.1, 0.15) is 11.3 Å². The Morgan fingerprint density at radius 1 is 1.08 bits per heavy atom. The number of hydrogen-bond donors (Lipinski definition) is 0. The van der Waals surface area contributed by atoms with Gasteiger partial charge in [-0.05, 0) is 17.9 Å². The van der Waals surface area contributed by atoms with E-state index in [1.54, 1.807) is 4.90 Å². The molecule has 0 saturated heterocycles. The molecule has 0 unspecified atom stereocenters. The minimum absolute atomic E-state index is 0.105. The van der Waals surface area contributed by atoms with Crippen molar-refractivity contribution in [1.82, 2.24) is 20.2 Å². The maximum Gasteiger partial charge on any atom is 0.263 e. The van der Waals surface area contributed by atoms with Crippen LogP contribution in [0.2, 0.25) is 0 Å². The van der Waals surface area contributed by atoms with Gasteiger partial charge in [-0.3, -0.25) is 9.69 Å². The summed E-state index contributed by atoms with van der Waals surface area (Å²) in [7, 11) is 0. The fraction of sp³-hybridized carbons (Fsp3) is 0.316. The molecule has 0 aliphatic heterocycles. The molecule has 0 spiro atoms. The highest BCUT2D eigenvalue weighted by molar-refractivity contribution is 7.18. The summed E-state index contributed by atoms with van der Waals surface area (Å²) in [6.07, 6.45) is 4.41. The average molecular weight is 367 g/mol. The smallest absolute Gasteiger partial charge is 0.263 e. The molecule has 0 N–H and O–H groups in total. The van der Waals surface area contributed by atoms with Crippen LogP contribution in [-0.2, 0) is 5.41 Å². The lowest BCUT2D eigenvalue weighted by Gasteiger charge is -2.18. The SMILES string of the molecule is CCN(C(=O)c1cncnc1)c1nnc(-c2ccc(C(C)(C)C)cc2)s1. The first-order chi connectivity index (χ1) is 12.4. The van der Waals surface area contributed by atoms with E-state index in [2.05, 4.69) is 53.1 Å². The molecule has 0 fully saturated rings. The minimum atomic E-state index is -0.182. The predicted molar refractivity (Wildman–Crippen MR) is 103 cm³/mol. The van der Waals surface area contributed by atoms with Crippen LogP contribution < -0.4 is 4.90 Å². The highest BCUT2D eigenvalue weighted by Gasteiger charge is 2.21. The van der Waals surface area contributed by atoms with E-state index in [9.17, 15) is 4.79 Å². The second-order valence-electron chi connectivity index (χ2n) is 6.89. The molecule has 0 aliphatic rings. The summed E-state index contributed by atoms with van der Waals surface area (Å²) in [6, 6.07) is 8.32. The maximum absolute atomic E-state index is 12.7. The first-order valence-corrected chi connectivity index (χ1v) is 9.23. The fourth-order valence-electron chi connectivity index (χ4n) is 2.49. The van der Waals surface area contributed by atoms with Crippen LogP contribution in [0.1, 0.15) is 43.6 Å². The van der Waals surface area contributed by atoms with Crippen LogP contribution in [0.25, 0.3) is 10.6 Å². The van der Waals surface area contributed by atoms with E-state index >= 15 is 0 Å². The normalized spacial score (nSPS) is 11.4. The topological polar surface area (TPSA) is 71.9 Å². The Hall–Kier alpha value is -2.67. The lowest BCUT2D eigenvalue weighted by atomic mass is 9.87. The summed E-state index contributed by atoms with van der Waals surface area (Å²) in [4.78, 5) is 22.1. The van der Waals surface area contributed by atoms with Gasteiger partial charge in [0.15, 0.2) is 0 Å². The molecule has 6 nitrogen and oxygen atoms in total. The van der Waals surface area contributed by atoms with E-state index in [0.29, 0.717) is 17.2 Å². The molecule has 1 amide bonds. The molecular weight excluding hydrogens is 346 g/mol. The quantitative estimate of drug-likeness (QED) is 0.698. The second-order valence-corrected chi connectivity index (χ2v) is 7.85. The number of carbonyl (C=O) groups excluding carboxylic acids is 1. The zero-order valence-electron chi connectivity index (χ0n) is 15.3. The van der Waals surface area contributed by atoms with Crippen molar-refractivity contribution in [2.75, 3.05) is 11.4 Å². The molecule has 3 aromatic rings. The molecule has 26 heavy (non-hydrogen) atoms. The van der Waals surface area contributed by atoms with Crippen molar-refractivity contribution in [3.05, 3.63) is 54.1 Å². The molecule has 0 bridgehead atoms. The summed E-state index contributed by atoms with van der Waals surface area (Å²) >= 11 is 1.40. The lowest BCUT2D eigenvalue weighted by Crippen LogP contribution is -2.30. The van der Waals surface area contributed by atoms with Crippen LogP contribution in [0.4, 0.5) is 5.13 Å². The zero-order chi connectivity index (χ0) is 18.7. The van der Waals surface area contributed by atoms with Crippen LogP contribution >= 0.6 is 11.3 Å². The van der Waals surface area contributed by atoms with E-state index in [1.165, 1.54) is 35.6 Å². The molecule has 0 saturated carbocycles. The van der Waals surface area contributed by atoms with Crippen molar-refractivity contribution in [2.24, 2.45) is 0 Å². The van der Waals surface area contributed by atoms with Gasteiger partial charge in [0.2, 0.25) is 5.13 Å². The number of hydrogen-bond acceptors (Lipinski definition) is 6. The Balaban J connectivity index is 1.85. The first kappa shape index (κ1) is 18.1. The van der Waals surface area contributed by atoms with Crippen molar-refractivity contribution in [3.63, 3.8) is 0 Å². The van der Waals surface area contributed by atoms with Crippen molar-refractivity contribution < 1.29 is 4.79 Å². The molecule has 1 aromatic carbocycles. The molecular formula is C19H21N5OS. The third kappa shape index (κ3) is 3.77. The number of aromatic nitrogens is 4. The van der Waals surface area contributed by atoms with E-state index in [0.717, 1.165) is 10.6 Å². The van der Waals surface area contributed by atoms with Crippen LogP contribution in [0.15, 0.2) is 43.0 Å². The number of anilines is 1. The number of benzene rings is 1. The highest BCUT2D eigenvalue weighted by Crippen LogP contribution is 2.31. The van der Waals surface area contributed by atoms with Crippen molar-refractivity contribution in [3.8, 4) is 10.6 Å². The lowest BCUT2D eigenvalue weighted by molar-refractivity contribution is 0.0987. The number of nitrogens with zero attached hydrogens (tertiary/aromatic N) is 5. The number of rotatable bonds is 4. The van der Waals surface area contributed by atoms with Crippen LogP contribution in [-0.4, -0.2) is 32.6 Å². The summed E-state index contributed by atoms with van der Waals surface area (Å²) in [5, 5.41) is 9.83. The third-order valence-electron chi connectivity index (χ3n) is 4.01. The monoisotopic (exact) mass is 367 g/mol. The van der Waals surface area contributed by atoms with Crippen molar-refractivity contribution in [2.45, 2.75) is 33.1 Å². The molecule has 134 valence electrons. The Morgan fingerprint density at radius 3 is 2.31 bits per heavy atom. The highest BCUT2D eigenvalue weighted by atomic mass is 32.1. The van der Waals surface area contributed by atoms with E-state index in [4.69, 9.17) is 0 Å². The second kappa shape index (κ2) is 7.29. The van der Waals surface area contributed by atoms with Gasteiger partial charge in [-0.15, -0.1) is 10.2 Å². The summed E-state index contributed by atoms with van der Waals surface area (Å²) in [6.45, 7) is 8.95. The Morgan fingerprint density at radius 2 is 1.73 bits per heavy atom. The van der Waals surface area contributed by atoms with Gasteiger partial charge in [-0.1, -0.05) is 56.4 Å². The number of amides is 1. The summed E-state index contributed by atoms with van der Waals surface area (Å²) in [5.41, 5.74) is 2.79. The van der Waals surface area contributed by atoms with Crippen LogP contribution in [0, 0.1) is 0 Å². The Labute approximate surface area is 157 Å². The molecule has 2 heterocycles. The van der Waals surface area contributed by atoms with E-state index < -0.39 is 0 Å². The molecule has 2 aromatic heterocycles. The van der Waals surface area contributed by atoms with Crippen LogP contribution in [0.3, 0.4) is 0 Å². The average Bonchev–Trinajstić information content (AvgIpc) is 3.12. The standard InChI is InChI=1S/C19H21N5OS/c1-5-24(17(25)14-10-20-12-21-11-14)18-23-22-16(26-18)13-6-8-15(9-7-13)19(2,3)4/h6-12H,5H2,1-4H3. The third-order valence-corrected chi connectivity index (χ3v) is 5.01. The van der Waals surface area contributed by atoms with Gasteiger partial charge in [0.25, 0.3) is 5.91 Å². The zero-order valence-corrected chi connectivity index (χ0v) is 16.1. The number of carbonyl (C=O) groups is 1. The maximum atomic E-state index is 12.7. The van der Waals surface area contributed by atoms with Crippen LogP contribution in [0.5, 0.6) is 0 Å². The van der Waals surface area contributed by atoms with E-state index in [-0.39, 0.29) is 11.3 Å². The molecule has 7 heteroatoms. The van der Waals surface area contributed by atoms with Gasteiger partial charge < -0.3 is 0 Å². The molecule has 3 rings (SSSR count). The first-order valence-electron chi connectivity index (χ1n) is 8.41. The summed E-state index contributed by atoms with van der Waals surface area (Å²) in [5.74, 6) is -0.182. The van der Waals surface area contributed by atoms with Crippen molar-refractivity contribution >= 4 is 22.4 Å². The van der Waals surface area contributed by atoms with Gasteiger partial charge in [0, 0.05) is 24.5 Å². The largest absolute Gasteiger partial charge is 0.283 e. The van der Waals surface area contributed by atoms with Gasteiger partial charge in [0.05, 0.1) is 5.56 Å². The van der Waals surface area contributed by atoms with Crippen molar-refractivity contribution in [1.29, 1.82) is 0 Å². The molecule has 0 radical (unpaired) electrons. The molecule has 0 atom stereocenters. The predicted octanol–water partition coefficient (Wildman–Crippen LogP) is 3.96. The Kier molecular flexibility index (Phi) is 5.08. The Bertz CT molecular complexity index is 884. The van der Waals surface area contributed by atoms with Gasteiger partial charge >= 0.3 is 0 Å². The molecule has 0 aliphatic carbocycles.